The fourth-order valence-electron chi connectivity index (χ4n) is 3.82. The van der Waals surface area contributed by atoms with Crippen molar-refractivity contribution in [3.63, 3.8) is 0 Å². The first-order valence-electron chi connectivity index (χ1n) is 11.5. The van der Waals surface area contributed by atoms with Crippen LogP contribution in [0, 0.1) is 23.6 Å². The zero-order valence-electron chi connectivity index (χ0n) is 19.3. The Morgan fingerprint density at radius 1 is 1.32 bits per heavy atom. The highest BCUT2D eigenvalue weighted by molar-refractivity contribution is 7.92. The van der Waals surface area contributed by atoms with Crippen molar-refractivity contribution in [2.24, 2.45) is 11.1 Å². The van der Waals surface area contributed by atoms with Crippen LogP contribution in [0.5, 0.6) is 0 Å². The molecule has 184 valence electrons. The van der Waals surface area contributed by atoms with E-state index in [9.17, 15) is 17.6 Å². The molecule has 1 saturated heterocycles. The molecule has 0 bridgehead atoms. The molecule has 1 saturated carbocycles. The number of halogens is 1. The molecule has 1 aromatic carbocycles. The molecule has 1 amide bonds. The molecular weight excluding hydrogens is 463 g/mol. The van der Waals surface area contributed by atoms with E-state index in [0.717, 1.165) is 31.9 Å². The van der Waals surface area contributed by atoms with Crippen molar-refractivity contribution in [1.82, 2.24) is 5.48 Å². The summed E-state index contributed by atoms with van der Waals surface area (Å²) in [6, 6.07) is 4.68. The summed E-state index contributed by atoms with van der Waals surface area (Å²) in [6.07, 6.45) is 4.23. The maximum atomic E-state index is 14.7. The first-order chi connectivity index (χ1) is 16.2. The first kappa shape index (κ1) is 24.6. The van der Waals surface area contributed by atoms with Crippen molar-refractivity contribution >= 4 is 21.5 Å². The molecule has 0 aromatic heterocycles. The van der Waals surface area contributed by atoms with Crippen molar-refractivity contribution < 1.29 is 32.0 Å². The molecule has 0 spiro atoms. The predicted molar refractivity (Wildman–Crippen MR) is 123 cm³/mol. The van der Waals surface area contributed by atoms with Gasteiger partial charge in [-0.15, -0.1) is 0 Å². The third-order valence-corrected chi connectivity index (χ3v) is 8.34. The SMILES string of the molecule is CC(CC1CC(c2ccc(C#CC3CC3)cc2F)=NO1)(C(=O)NOC1CCCCO1)S(C)(=O)=O. The number of hydrogen-bond donors (Lipinski definition) is 1. The minimum Gasteiger partial charge on any atom is -0.392 e. The number of hydrogen-bond acceptors (Lipinski definition) is 7. The molecule has 10 heteroatoms. The lowest BCUT2D eigenvalue weighted by Crippen LogP contribution is -2.52. The van der Waals surface area contributed by atoms with Gasteiger partial charge in [0.2, 0.25) is 0 Å². The monoisotopic (exact) mass is 492 g/mol. The van der Waals surface area contributed by atoms with Gasteiger partial charge in [-0.25, -0.2) is 23.1 Å². The Bertz CT molecular complexity index is 1130. The minimum atomic E-state index is -3.86. The van der Waals surface area contributed by atoms with E-state index in [1.807, 2.05) is 0 Å². The fraction of sp³-hybridized carbons (Fsp3) is 0.583. The van der Waals surface area contributed by atoms with E-state index in [4.69, 9.17) is 14.4 Å². The molecule has 2 heterocycles. The van der Waals surface area contributed by atoms with Gasteiger partial charge < -0.3 is 9.57 Å². The molecule has 1 aliphatic carbocycles. The molecule has 1 N–H and O–H groups in total. The lowest BCUT2D eigenvalue weighted by molar-refractivity contribution is -0.201. The van der Waals surface area contributed by atoms with E-state index >= 15 is 0 Å². The quantitative estimate of drug-likeness (QED) is 0.464. The Morgan fingerprint density at radius 2 is 2.12 bits per heavy atom. The molecule has 3 aliphatic rings. The van der Waals surface area contributed by atoms with Gasteiger partial charge in [-0.05, 0) is 50.8 Å². The van der Waals surface area contributed by atoms with Crippen LogP contribution in [0.1, 0.15) is 63.0 Å². The van der Waals surface area contributed by atoms with Gasteiger partial charge in [0.1, 0.15) is 11.9 Å². The predicted octanol–water partition coefficient (Wildman–Crippen LogP) is 2.85. The number of hydroxylamine groups is 1. The molecule has 34 heavy (non-hydrogen) atoms. The second-order valence-corrected chi connectivity index (χ2v) is 11.7. The molecule has 2 fully saturated rings. The molecule has 1 aromatic rings. The van der Waals surface area contributed by atoms with Crippen molar-refractivity contribution in [3.05, 3.63) is 35.1 Å². The van der Waals surface area contributed by atoms with Gasteiger partial charge in [-0.3, -0.25) is 4.79 Å². The Balaban J connectivity index is 1.40. The first-order valence-corrected chi connectivity index (χ1v) is 13.4. The Morgan fingerprint density at radius 3 is 2.76 bits per heavy atom. The van der Waals surface area contributed by atoms with Crippen LogP contribution < -0.4 is 5.48 Å². The average Bonchev–Trinajstić information content (AvgIpc) is 3.53. The van der Waals surface area contributed by atoms with Crippen molar-refractivity contribution in [3.8, 4) is 11.8 Å². The molecule has 8 nitrogen and oxygen atoms in total. The number of oxime groups is 1. The van der Waals surface area contributed by atoms with Gasteiger partial charge >= 0.3 is 0 Å². The summed E-state index contributed by atoms with van der Waals surface area (Å²) >= 11 is 0. The number of rotatable bonds is 7. The topological polar surface area (TPSA) is 103 Å². The molecule has 4 rings (SSSR count). The van der Waals surface area contributed by atoms with Crippen LogP contribution in [0.15, 0.2) is 23.4 Å². The van der Waals surface area contributed by atoms with E-state index < -0.39 is 38.7 Å². The van der Waals surface area contributed by atoms with E-state index in [2.05, 4.69) is 22.5 Å². The lowest BCUT2D eigenvalue weighted by atomic mass is 9.96. The van der Waals surface area contributed by atoms with Crippen LogP contribution in [0.25, 0.3) is 0 Å². The van der Waals surface area contributed by atoms with Crippen LogP contribution in [0.4, 0.5) is 4.39 Å². The standard InChI is InChI=1S/C24H29FN2O6S/c1-24(34(2,29)30,23(28)27-33-22-5-3-4-12-31-22)15-18-14-21(26-32-18)19-11-10-17(13-20(19)25)9-8-16-6-7-16/h10-11,13,16,18,22H,3-7,12,14-15H2,1-2H3,(H,27,28). The Hall–Kier alpha value is -2.48. The van der Waals surface area contributed by atoms with Crippen LogP contribution in [0.3, 0.4) is 0 Å². The largest absolute Gasteiger partial charge is 0.392 e. The molecule has 3 atom stereocenters. The summed E-state index contributed by atoms with van der Waals surface area (Å²) in [4.78, 5) is 23.6. The molecule has 0 radical (unpaired) electrons. The number of nitrogens with zero attached hydrogens (tertiary/aromatic N) is 1. The zero-order chi connectivity index (χ0) is 24.3. The van der Waals surface area contributed by atoms with Gasteiger partial charge in [-0.1, -0.05) is 17.0 Å². The average molecular weight is 493 g/mol. The normalized spacial score (nSPS) is 24.3. The maximum Gasteiger partial charge on any atom is 0.264 e. The lowest BCUT2D eigenvalue weighted by Gasteiger charge is -2.29. The van der Waals surface area contributed by atoms with Crippen molar-refractivity contribution in [2.75, 3.05) is 12.9 Å². The van der Waals surface area contributed by atoms with Crippen LogP contribution in [-0.4, -0.2) is 50.0 Å². The Labute approximate surface area is 199 Å². The van der Waals surface area contributed by atoms with E-state index in [0.29, 0.717) is 30.2 Å². The number of carbonyl (C=O) groups excluding carboxylic acids is 1. The number of nitrogens with one attached hydrogen (secondary N) is 1. The highest BCUT2D eigenvalue weighted by Crippen LogP contribution is 2.31. The highest BCUT2D eigenvalue weighted by atomic mass is 32.2. The third-order valence-electron chi connectivity index (χ3n) is 6.35. The number of ether oxygens (including phenoxy) is 1. The van der Waals surface area contributed by atoms with Gasteiger partial charge in [0.05, 0.1) is 5.71 Å². The Kier molecular flexibility index (Phi) is 7.26. The molecular formula is C24H29FN2O6S. The third kappa shape index (κ3) is 5.77. The summed E-state index contributed by atoms with van der Waals surface area (Å²) < 4.78 is 43.4. The summed E-state index contributed by atoms with van der Waals surface area (Å²) in [5, 5.41) is 3.97. The smallest absolute Gasteiger partial charge is 0.264 e. The highest BCUT2D eigenvalue weighted by Gasteiger charge is 2.47. The summed E-state index contributed by atoms with van der Waals surface area (Å²) in [5.74, 6) is 5.19. The van der Waals surface area contributed by atoms with Crippen molar-refractivity contribution in [1.29, 1.82) is 0 Å². The number of carbonyl (C=O) groups is 1. The van der Waals surface area contributed by atoms with Gasteiger partial charge in [-0.2, -0.15) is 0 Å². The zero-order valence-corrected chi connectivity index (χ0v) is 20.1. The summed E-state index contributed by atoms with van der Waals surface area (Å²) in [7, 11) is -3.86. The van der Waals surface area contributed by atoms with E-state index in [1.165, 1.54) is 13.0 Å². The van der Waals surface area contributed by atoms with Gasteiger partial charge in [0, 0.05) is 49.2 Å². The number of benzene rings is 1. The maximum absolute atomic E-state index is 14.7. The van der Waals surface area contributed by atoms with Crippen molar-refractivity contribution in [2.45, 2.75) is 69.0 Å². The second kappa shape index (κ2) is 10.0. The second-order valence-electron chi connectivity index (χ2n) is 9.26. The summed E-state index contributed by atoms with van der Waals surface area (Å²) in [6.45, 7) is 1.84. The molecule has 3 unspecified atom stereocenters. The number of amides is 1. The number of sulfone groups is 1. The van der Waals surface area contributed by atoms with Gasteiger partial charge in [0.25, 0.3) is 5.91 Å². The van der Waals surface area contributed by atoms with Crippen LogP contribution in [-0.2, 0) is 29.0 Å². The molecule has 2 aliphatic heterocycles. The van der Waals surface area contributed by atoms with E-state index in [1.54, 1.807) is 12.1 Å². The van der Waals surface area contributed by atoms with E-state index in [-0.39, 0.29) is 18.4 Å². The van der Waals surface area contributed by atoms with Gasteiger partial charge in [0.15, 0.2) is 20.9 Å². The summed E-state index contributed by atoms with van der Waals surface area (Å²) in [5.41, 5.74) is 3.46. The minimum absolute atomic E-state index is 0.162. The van der Waals surface area contributed by atoms with Crippen LogP contribution in [0.2, 0.25) is 0 Å². The fourth-order valence-corrected chi connectivity index (χ4v) is 4.68. The van der Waals surface area contributed by atoms with Crippen LogP contribution >= 0.6 is 0 Å².